The minimum atomic E-state index is 0.0658. The van der Waals surface area contributed by atoms with Gasteiger partial charge in [-0.2, -0.15) is 0 Å². The number of anilines is 2. The summed E-state index contributed by atoms with van der Waals surface area (Å²) in [5, 5.41) is 6.73. The first-order valence-electron chi connectivity index (χ1n) is 6.64. The molecule has 0 aromatic carbocycles. The largest absolute Gasteiger partial charge is 0.381 e. The summed E-state index contributed by atoms with van der Waals surface area (Å²) in [5.74, 6) is 1.66. The molecule has 2 heterocycles. The van der Waals surface area contributed by atoms with Crippen LogP contribution in [0.4, 0.5) is 11.6 Å². The zero-order valence-corrected chi connectivity index (χ0v) is 11.2. The Kier molecular flexibility index (Phi) is 4.36. The van der Waals surface area contributed by atoms with Gasteiger partial charge in [-0.25, -0.2) is 4.98 Å². The lowest BCUT2D eigenvalue weighted by molar-refractivity contribution is 0.0657. The highest BCUT2D eigenvalue weighted by molar-refractivity contribution is 5.43. The summed E-state index contributed by atoms with van der Waals surface area (Å²) in [4.78, 5) is 8.74. The van der Waals surface area contributed by atoms with Gasteiger partial charge in [0.05, 0.1) is 12.4 Å². The molecule has 0 bridgehead atoms. The molecule has 1 saturated heterocycles. The predicted octanol–water partition coefficient (Wildman–Crippen LogP) is 2.28. The molecule has 18 heavy (non-hydrogen) atoms. The lowest BCUT2D eigenvalue weighted by atomic mass is 9.92. The highest BCUT2D eigenvalue weighted by Gasteiger charge is 2.27. The molecule has 1 aromatic heterocycles. The summed E-state index contributed by atoms with van der Waals surface area (Å²) in [6.07, 6.45) is 6.61. The Morgan fingerprint density at radius 2 is 2.00 bits per heavy atom. The first kappa shape index (κ1) is 13.1. The van der Waals surface area contributed by atoms with Gasteiger partial charge in [-0.3, -0.25) is 4.98 Å². The lowest BCUT2D eigenvalue weighted by Gasteiger charge is -2.34. The summed E-state index contributed by atoms with van der Waals surface area (Å²) in [5.41, 5.74) is 0.0658. The van der Waals surface area contributed by atoms with Gasteiger partial charge in [-0.1, -0.05) is 6.92 Å². The van der Waals surface area contributed by atoms with E-state index in [1.54, 1.807) is 12.4 Å². The minimum absolute atomic E-state index is 0.0658. The standard InChI is InChI=1S/C13H22N4O/c1-3-6-15-11-9-14-10-12(16-11)17-13(2)4-7-18-8-5-13/h9-10H,3-8H2,1-2H3,(H2,15,16,17). The quantitative estimate of drug-likeness (QED) is 0.839. The second kappa shape index (κ2) is 6.00. The van der Waals surface area contributed by atoms with Crippen molar-refractivity contribution < 1.29 is 4.74 Å². The predicted molar refractivity (Wildman–Crippen MR) is 72.9 cm³/mol. The fourth-order valence-corrected chi connectivity index (χ4v) is 2.02. The molecule has 1 aliphatic heterocycles. The van der Waals surface area contributed by atoms with E-state index in [1.807, 2.05) is 0 Å². The Morgan fingerprint density at radius 1 is 1.28 bits per heavy atom. The van der Waals surface area contributed by atoms with Gasteiger partial charge in [0.1, 0.15) is 11.6 Å². The van der Waals surface area contributed by atoms with Crippen LogP contribution in [0.3, 0.4) is 0 Å². The Labute approximate surface area is 108 Å². The van der Waals surface area contributed by atoms with Crippen molar-refractivity contribution >= 4 is 11.6 Å². The molecule has 1 aromatic rings. The van der Waals surface area contributed by atoms with Crippen LogP contribution < -0.4 is 10.6 Å². The Bertz CT molecular complexity index is 377. The van der Waals surface area contributed by atoms with Crippen LogP contribution in [0.15, 0.2) is 12.4 Å². The van der Waals surface area contributed by atoms with Crippen molar-refractivity contribution in [3.63, 3.8) is 0 Å². The van der Waals surface area contributed by atoms with E-state index in [0.29, 0.717) is 0 Å². The fraction of sp³-hybridized carbons (Fsp3) is 0.692. The zero-order chi connectivity index (χ0) is 12.8. The number of hydrogen-bond acceptors (Lipinski definition) is 5. The normalized spacial score (nSPS) is 18.3. The molecule has 1 fully saturated rings. The van der Waals surface area contributed by atoms with Crippen molar-refractivity contribution in [2.24, 2.45) is 0 Å². The van der Waals surface area contributed by atoms with Crippen LogP contribution in [0.25, 0.3) is 0 Å². The van der Waals surface area contributed by atoms with Gasteiger partial charge < -0.3 is 15.4 Å². The number of rotatable bonds is 5. The number of ether oxygens (including phenoxy) is 1. The highest BCUT2D eigenvalue weighted by Crippen LogP contribution is 2.24. The first-order chi connectivity index (χ1) is 8.72. The third kappa shape index (κ3) is 3.57. The molecular formula is C13H22N4O. The SMILES string of the molecule is CCCNc1cncc(NC2(C)CCOCC2)n1. The van der Waals surface area contributed by atoms with Crippen LogP contribution in [-0.2, 0) is 4.74 Å². The maximum atomic E-state index is 5.39. The summed E-state index contributed by atoms with van der Waals surface area (Å²) < 4.78 is 5.39. The molecule has 0 saturated carbocycles. The summed E-state index contributed by atoms with van der Waals surface area (Å²) in [6.45, 7) is 6.88. The van der Waals surface area contributed by atoms with Gasteiger partial charge in [-0.05, 0) is 26.2 Å². The van der Waals surface area contributed by atoms with E-state index in [0.717, 1.165) is 50.7 Å². The average Bonchev–Trinajstić information content (AvgIpc) is 2.37. The summed E-state index contributed by atoms with van der Waals surface area (Å²) in [6, 6.07) is 0. The molecule has 0 spiro atoms. The second-order valence-electron chi connectivity index (χ2n) is 5.01. The minimum Gasteiger partial charge on any atom is -0.381 e. The molecule has 100 valence electrons. The van der Waals surface area contributed by atoms with Crippen molar-refractivity contribution in [1.29, 1.82) is 0 Å². The number of hydrogen-bond donors (Lipinski definition) is 2. The van der Waals surface area contributed by atoms with E-state index < -0.39 is 0 Å². The summed E-state index contributed by atoms with van der Waals surface area (Å²) >= 11 is 0. The average molecular weight is 250 g/mol. The van der Waals surface area contributed by atoms with E-state index in [4.69, 9.17) is 4.74 Å². The Hall–Kier alpha value is -1.36. The topological polar surface area (TPSA) is 59.1 Å². The maximum Gasteiger partial charge on any atom is 0.147 e. The molecule has 0 aliphatic carbocycles. The monoisotopic (exact) mass is 250 g/mol. The van der Waals surface area contributed by atoms with E-state index in [9.17, 15) is 0 Å². The van der Waals surface area contributed by atoms with Gasteiger partial charge in [0.15, 0.2) is 0 Å². The molecular weight excluding hydrogens is 228 g/mol. The lowest BCUT2D eigenvalue weighted by Crippen LogP contribution is -2.40. The Balaban J connectivity index is 1.99. The van der Waals surface area contributed by atoms with Gasteiger partial charge >= 0.3 is 0 Å². The second-order valence-corrected chi connectivity index (χ2v) is 5.01. The van der Waals surface area contributed by atoms with Crippen molar-refractivity contribution in [3.05, 3.63) is 12.4 Å². The highest BCUT2D eigenvalue weighted by atomic mass is 16.5. The van der Waals surface area contributed by atoms with Crippen molar-refractivity contribution in [2.75, 3.05) is 30.4 Å². The molecule has 0 unspecified atom stereocenters. The number of nitrogens with one attached hydrogen (secondary N) is 2. The maximum absolute atomic E-state index is 5.39. The molecule has 2 rings (SSSR count). The van der Waals surface area contributed by atoms with Gasteiger partial charge in [0.25, 0.3) is 0 Å². The van der Waals surface area contributed by atoms with Crippen LogP contribution in [0.2, 0.25) is 0 Å². The molecule has 0 amide bonds. The summed E-state index contributed by atoms with van der Waals surface area (Å²) in [7, 11) is 0. The van der Waals surface area contributed by atoms with Gasteiger partial charge in [-0.15, -0.1) is 0 Å². The fourth-order valence-electron chi connectivity index (χ4n) is 2.02. The van der Waals surface area contributed by atoms with E-state index >= 15 is 0 Å². The van der Waals surface area contributed by atoms with Crippen LogP contribution in [-0.4, -0.2) is 35.3 Å². The van der Waals surface area contributed by atoms with Crippen LogP contribution in [0.5, 0.6) is 0 Å². The molecule has 5 heteroatoms. The number of aromatic nitrogens is 2. The molecule has 0 radical (unpaired) electrons. The van der Waals surface area contributed by atoms with Gasteiger partial charge in [0.2, 0.25) is 0 Å². The first-order valence-corrected chi connectivity index (χ1v) is 6.64. The molecule has 2 N–H and O–H groups in total. The van der Waals surface area contributed by atoms with Crippen molar-refractivity contribution in [2.45, 2.75) is 38.6 Å². The van der Waals surface area contributed by atoms with E-state index in [-0.39, 0.29) is 5.54 Å². The molecule has 0 atom stereocenters. The molecule has 5 nitrogen and oxygen atoms in total. The van der Waals surface area contributed by atoms with Gasteiger partial charge in [0, 0.05) is 25.3 Å². The van der Waals surface area contributed by atoms with E-state index in [1.165, 1.54) is 0 Å². The van der Waals surface area contributed by atoms with Crippen LogP contribution in [0.1, 0.15) is 33.1 Å². The molecule has 1 aliphatic rings. The number of nitrogens with zero attached hydrogens (tertiary/aromatic N) is 2. The third-order valence-corrected chi connectivity index (χ3v) is 3.22. The van der Waals surface area contributed by atoms with Crippen molar-refractivity contribution in [3.8, 4) is 0 Å². The van der Waals surface area contributed by atoms with Crippen LogP contribution >= 0.6 is 0 Å². The van der Waals surface area contributed by atoms with Crippen molar-refractivity contribution in [1.82, 2.24) is 9.97 Å². The zero-order valence-electron chi connectivity index (χ0n) is 11.2. The third-order valence-electron chi connectivity index (χ3n) is 3.22. The van der Waals surface area contributed by atoms with Crippen LogP contribution in [0, 0.1) is 0 Å². The Morgan fingerprint density at radius 3 is 2.72 bits per heavy atom. The smallest absolute Gasteiger partial charge is 0.147 e. The van der Waals surface area contributed by atoms with E-state index in [2.05, 4.69) is 34.4 Å².